The minimum atomic E-state index is -0.118. The molecule has 0 spiro atoms. The lowest BCUT2D eigenvalue weighted by Gasteiger charge is -2.39. The van der Waals surface area contributed by atoms with Crippen LogP contribution in [0.3, 0.4) is 0 Å². The second-order valence-corrected chi connectivity index (χ2v) is 9.42. The van der Waals surface area contributed by atoms with E-state index in [0.29, 0.717) is 23.4 Å². The Labute approximate surface area is 219 Å². The van der Waals surface area contributed by atoms with Crippen molar-refractivity contribution in [2.45, 2.75) is 32.2 Å². The number of nitrogens with one attached hydrogen (secondary N) is 1. The number of anilines is 1. The van der Waals surface area contributed by atoms with Crippen LogP contribution < -0.4 is 24.3 Å². The molecule has 1 unspecified atom stereocenters. The van der Waals surface area contributed by atoms with Crippen molar-refractivity contribution >= 4 is 23.0 Å². The average molecular weight is 507 g/mol. The quantitative estimate of drug-likeness (QED) is 0.365. The number of methoxy groups -OCH3 is 3. The normalized spacial score (nSPS) is 14.7. The Hall–Kier alpha value is -3.45. The first-order chi connectivity index (χ1) is 17.4. The number of benzene rings is 3. The number of thiocarbonyl (C=S) groups is 1. The molecule has 4 rings (SSSR count). The molecule has 1 aliphatic rings. The van der Waals surface area contributed by atoms with E-state index in [9.17, 15) is 0 Å². The van der Waals surface area contributed by atoms with Crippen LogP contribution in [0.25, 0.3) is 0 Å². The molecule has 0 aliphatic carbocycles. The Morgan fingerprint density at radius 2 is 1.61 bits per heavy atom. The van der Waals surface area contributed by atoms with Crippen molar-refractivity contribution in [1.82, 2.24) is 4.90 Å². The molecule has 7 heteroatoms. The van der Waals surface area contributed by atoms with Gasteiger partial charge in [0.1, 0.15) is 18.1 Å². The van der Waals surface area contributed by atoms with Gasteiger partial charge >= 0.3 is 0 Å². The fourth-order valence-electron chi connectivity index (χ4n) is 4.51. The number of fused-ring (bicyclic) bond motifs is 1. The fourth-order valence-corrected chi connectivity index (χ4v) is 4.84. The summed E-state index contributed by atoms with van der Waals surface area (Å²) in [6.07, 6.45) is 0.822. The highest BCUT2D eigenvalue weighted by Gasteiger charge is 2.31. The largest absolute Gasteiger partial charge is 0.495 e. The molecule has 3 aromatic rings. The number of hydrogen-bond acceptors (Lipinski definition) is 5. The predicted molar refractivity (Wildman–Crippen MR) is 148 cm³/mol. The van der Waals surface area contributed by atoms with Crippen LogP contribution in [0.5, 0.6) is 23.0 Å². The molecule has 0 amide bonds. The van der Waals surface area contributed by atoms with Gasteiger partial charge in [0, 0.05) is 6.54 Å². The van der Waals surface area contributed by atoms with Crippen molar-refractivity contribution in [3.63, 3.8) is 0 Å². The van der Waals surface area contributed by atoms with Gasteiger partial charge in [0.15, 0.2) is 16.6 Å². The molecule has 0 aromatic heterocycles. The zero-order valence-corrected chi connectivity index (χ0v) is 22.4. The second-order valence-electron chi connectivity index (χ2n) is 9.03. The molecule has 36 heavy (non-hydrogen) atoms. The van der Waals surface area contributed by atoms with Gasteiger partial charge in [0.2, 0.25) is 0 Å². The molecule has 1 atom stereocenters. The topological polar surface area (TPSA) is 52.2 Å². The summed E-state index contributed by atoms with van der Waals surface area (Å²) < 4.78 is 23.0. The lowest BCUT2D eigenvalue weighted by molar-refractivity contribution is 0.190. The molecule has 0 fully saturated rings. The molecular formula is C29H34N2O4S. The van der Waals surface area contributed by atoms with Crippen LogP contribution in [0, 0.1) is 0 Å². The van der Waals surface area contributed by atoms with E-state index in [2.05, 4.69) is 42.3 Å². The molecular weight excluding hydrogens is 472 g/mol. The molecule has 3 aromatic carbocycles. The van der Waals surface area contributed by atoms with Crippen molar-refractivity contribution in [2.24, 2.45) is 0 Å². The summed E-state index contributed by atoms with van der Waals surface area (Å²) in [7, 11) is 4.97. The summed E-state index contributed by atoms with van der Waals surface area (Å²) in [5.41, 5.74) is 4.42. The maximum atomic E-state index is 6.32. The summed E-state index contributed by atoms with van der Waals surface area (Å²) in [5.74, 6) is 3.45. The Bertz CT molecular complexity index is 1200. The van der Waals surface area contributed by atoms with E-state index >= 15 is 0 Å². The molecule has 0 saturated carbocycles. The molecule has 0 bridgehead atoms. The van der Waals surface area contributed by atoms with E-state index in [1.807, 2.05) is 42.5 Å². The van der Waals surface area contributed by atoms with Gasteiger partial charge in [0.05, 0.1) is 33.1 Å². The van der Waals surface area contributed by atoms with E-state index in [1.54, 1.807) is 21.3 Å². The maximum Gasteiger partial charge on any atom is 0.174 e. The highest BCUT2D eigenvalue weighted by molar-refractivity contribution is 7.80. The van der Waals surface area contributed by atoms with E-state index in [4.69, 9.17) is 31.2 Å². The Morgan fingerprint density at radius 1 is 0.944 bits per heavy atom. The third-order valence-corrected chi connectivity index (χ3v) is 6.90. The van der Waals surface area contributed by atoms with Gasteiger partial charge in [-0.1, -0.05) is 38.1 Å². The van der Waals surface area contributed by atoms with Crippen LogP contribution in [0.1, 0.15) is 42.5 Å². The summed E-state index contributed by atoms with van der Waals surface area (Å²) >= 11 is 5.90. The molecule has 0 radical (unpaired) electrons. The second kappa shape index (κ2) is 11.5. The molecule has 1 N–H and O–H groups in total. The van der Waals surface area contributed by atoms with Crippen molar-refractivity contribution in [2.75, 3.05) is 39.8 Å². The first-order valence-corrected chi connectivity index (χ1v) is 12.5. The summed E-state index contributed by atoms with van der Waals surface area (Å²) in [6.45, 7) is 5.54. The maximum absolute atomic E-state index is 6.32. The van der Waals surface area contributed by atoms with Crippen LogP contribution in [0.2, 0.25) is 0 Å². The fraction of sp³-hybridized carbons (Fsp3) is 0.345. The number of para-hydroxylation sites is 2. The van der Waals surface area contributed by atoms with Crippen LogP contribution in [0.4, 0.5) is 5.69 Å². The monoisotopic (exact) mass is 506 g/mol. The highest BCUT2D eigenvalue weighted by atomic mass is 32.1. The first kappa shape index (κ1) is 25.6. The summed E-state index contributed by atoms with van der Waals surface area (Å²) in [6, 6.07) is 20.0. The number of rotatable bonds is 8. The SMILES string of the molecule is COc1ccccc1NC(=S)N1CCc2cc(OC)c(OC)cc2C1COc1ccc(C(C)C)cc1. The minimum absolute atomic E-state index is 0.118. The van der Waals surface area contributed by atoms with Gasteiger partial charge in [0.25, 0.3) is 0 Å². The first-order valence-electron chi connectivity index (χ1n) is 12.1. The van der Waals surface area contributed by atoms with Crippen molar-refractivity contribution in [3.05, 3.63) is 77.4 Å². The van der Waals surface area contributed by atoms with Gasteiger partial charge in [-0.3, -0.25) is 0 Å². The number of ether oxygens (including phenoxy) is 4. The average Bonchev–Trinajstić information content (AvgIpc) is 2.91. The van der Waals surface area contributed by atoms with Crippen molar-refractivity contribution in [3.8, 4) is 23.0 Å². The predicted octanol–water partition coefficient (Wildman–Crippen LogP) is 6.21. The van der Waals surface area contributed by atoms with E-state index in [1.165, 1.54) is 11.1 Å². The molecule has 6 nitrogen and oxygen atoms in total. The molecule has 0 saturated heterocycles. The minimum Gasteiger partial charge on any atom is -0.495 e. The van der Waals surface area contributed by atoms with Gasteiger partial charge in [-0.15, -0.1) is 0 Å². The third kappa shape index (κ3) is 5.51. The zero-order valence-electron chi connectivity index (χ0n) is 21.5. The van der Waals surface area contributed by atoms with E-state index in [0.717, 1.165) is 41.5 Å². The molecule has 1 aliphatic heterocycles. The number of hydrogen-bond donors (Lipinski definition) is 1. The third-order valence-electron chi connectivity index (χ3n) is 6.57. The van der Waals surface area contributed by atoms with Gasteiger partial charge in [-0.25, -0.2) is 0 Å². The van der Waals surface area contributed by atoms with Crippen LogP contribution in [-0.2, 0) is 6.42 Å². The lowest BCUT2D eigenvalue weighted by Crippen LogP contribution is -2.44. The zero-order chi connectivity index (χ0) is 25.7. The molecule has 1 heterocycles. The van der Waals surface area contributed by atoms with Crippen molar-refractivity contribution < 1.29 is 18.9 Å². The summed E-state index contributed by atoms with van der Waals surface area (Å²) in [5, 5.41) is 4.00. The number of nitrogens with zero attached hydrogens (tertiary/aromatic N) is 1. The summed E-state index contributed by atoms with van der Waals surface area (Å²) in [4.78, 5) is 2.18. The van der Waals surface area contributed by atoms with Gasteiger partial charge in [-0.2, -0.15) is 0 Å². The Balaban J connectivity index is 1.64. The Kier molecular flexibility index (Phi) is 8.21. The van der Waals surface area contributed by atoms with Crippen LogP contribution >= 0.6 is 12.2 Å². The lowest BCUT2D eigenvalue weighted by atomic mass is 9.92. The van der Waals surface area contributed by atoms with Crippen LogP contribution in [-0.4, -0.2) is 44.5 Å². The Morgan fingerprint density at radius 3 is 2.28 bits per heavy atom. The standard InChI is InChI=1S/C29H34N2O4S/c1-19(2)20-10-12-22(13-11-20)35-18-25-23-17-28(34-5)27(33-4)16-21(23)14-15-31(25)29(36)30-24-8-6-7-9-26(24)32-3/h6-13,16-17,19,25H,14-15,18H2,1-5H3,(H,30,36). The van der Waals surface area contributed by atoms with Crippen molar-refractivity contribution in [1.29, 1.82) is 0 Å². The van der Waals surface area contributed by atoms with Gasteiger partial charge < -0.3 is 29.2 Å². The van der Waals surface area contributed by atoms with Gasteiger partial charge in [-0.05, 0) is 77.6 Å². The highest BCUT2D eigenvalue weighted by Crippen LogP contribution is 2.39. The molecule has 190 valence electrons. The van der Waals surface area contributed by atoms with E-state index < -0.39 is 0 Å². The van der Waals surface area contributed by atoms with E-state index in [-0.39, 0.29) is 6.04 Å². The van der Waals surface area contributed by atoms with Crippen LogP contribution in [0.15, 0.2) is 60.7 Å². The smallest absolute Gasteiger partial charge is 0.174 e.